The lowest BCUT2D eigenvalue weighted by atomic mass is 10.1. The minimum Gasteiger partial charge on any atom is -0.399 e. The zero-order chi connectivity index (χ0) is 15.7. The van der Waals surface area contributed by atoms with E-state index < -0.39 is 35.7 Å². The summed E-state index contributed by atoms with van der Waals surface area (Å²) in [6.07, 6.45) is -11.7. The monoisotopic (exact) mass is 304 g/mol. The average Bonchev–Trinajstić information content (AvgIpc) is 2.17. The first-order chi connectivity index (χ1) is 8.93. The number of alkyl halides is 6. The zero-order valence-corrected chi connectivity index (χ0v) is 9.44. The van der Waals surface area contributed by atoms with E-state index in [1.807, 2.05) is 0 Å². The summed E-state index contributed by atoms with van der Waals surface area (Å²) in [5.74, 6) is -7.91. The molecule has 0 saturated carbocycles. The van der Waals surface area contributed by atoms with Gasteiger partial charge in [-0.2, -0.15) is 26.3 Å². The molecule has 0 aliphatic carbocycles. The lowest BCUT2D eigenvalue weighted by Gasteiger charge is -2.22. The van der Waals surface area contributed by atoms with Gasteiger partial charge in [0.25, 0.3) is 0 Å². The lowest BCUT2D eigenvalue weighted by Crippen LogP contribution is -2.45. The van der Waals surface area contributed by atoms with Crippen LogP contribution in [0.5, 0.6) is 0 Å². The lowest BCUT2D eigenvalue weighted by molar-refractivity contribution is -0.272. The van der Waals surface area contributed by atoms with Crippen molar-refractivity contribution in [1.82, 2.24) is 0 Å². The number of rotatable bonds is 2. The van der Waals surface area contributed by atoms with Crippen molar-refractivity contribution in [3.05, 3.63) is 24.0 Å². The highest BCUT2D eigenvalue weighted by atomic mass is 19.4. The summed E-state index contributed by atoms with van der Waals surface area (Å²) in [5.41, 5.74) is 4.21. The minimum atomic E-state index is -5.84. The molecule has 10 heteroatoms. The van der Waals surface area contributed by atoms with Crippen molar-refractivity contribution < 1.29 is 35.5 Å². The first-order valence-corrected chi connectivity index (χ1v) is 4.92. The average molecular weight is 304 g/mol. The SMILES string of the molecule is Nc1ccc(NC(=O)C(C(F)(F)F)C(F)(F)F)c(F)c1. The van der Waals surface area contributed by atoms with Gasteiger partial charge in [-0.3, -0.25) is 4.79 Å². The number of benzene rings is 1. The van der Waals surface area contributed by atoms with Crippen molar-refractivity contribution in [3.63, 3.8) is 0 Å². The highest BCUT2D eigenvalue weighted by Gasteiger charge is 2.61. The topological polar surface area (TPSA) is 55.1 Å². The fraction of sp³-hybridized carbons (Fsp3) is 0.300. The molecule has 0 heterocycles. The Morgan fingerprint density at radius 3 is 2.00 bits per heavy atom. The Kier molecular flexibility index (Phi) is 4.15. The third-order valence-electron chi connectivity index (χ3n) is 2.17. The second-order valence-corrected chi connectivity index (χ2v) is 3.74. The Hall–Kier alpha value is -2.00. The number of carbonyl (C=O) groups excluding carboxylic acids is 1. The molecule has 0 aliphatic heterocycles. The Labute approximate surface area is 107 Å². The van der Waals surface area contributed by atoms with Crippen molar-refractivity contribution in [2.24, 2.45) is 5.92 Å². The van der Waals surface area contributed by atoms with Gasteiger partial charge >= 0.3 is 12.4 Å². The van der Waals surface area contributed by atoms with Crippen LogP contribution in [0.25, 0.3) is 0 Å². The van der Waals surface area contributed by atoms with Gasteiger partial charge in [0.1, 0.15) is 5.82 Å². The van der Waals surface area contributed by atoms with Crippen molar-refractivity contribution in [2.45, 2.75) is 12.4 Å². The smallest absolute Gasteiger partial charge is 0.399 e. The van der Waals surface area contributed by atoms with E-state index in [0.717, 1.165) is 12.1 Å². The number of hydrogen-bond donors (Lipinski definition) is 2. The highest BCUT2D eigenvalue weighted by molar-refractivity contribution is 5.93. The maximum atomic E-state index is 13.2. The molecular weight excluding hydrogens is 297 g/mol. The molecule has 3 N–H and O–H groups in total. The number of nitrogens with two attached hydrogens (primary N) is 1. The normalized spacial score (nSPS) is 12.6. The first-order valence-electron chi connectivity index (χ1n) is 4.92. The van der Waals surface area contributed by atoms with E-state index in [9.17, 15) is 35.5 Å². The molecule has 20 heavy (non-hydrogen) atoms. The van der Waals surface area contributed by atoms with Gasteiger partial charge in [0, 0.05) is 5.69 Å². The van der Waals surface area contributed by atoms with Gasteiger partial charge in [0.15, 0.2) is 0 Å². The van der Waals surface area contributed by atoms with Crippen LogP contribution in [-0.4, -0.2) is 18.3 Å². The molecule has 0 atom stereocenters. The summed E-state index contributed by atoms with van der Waals surface area (Å²) in [5, 5.41) is 1.24. The molecule has 0 aliphatic rings. The summed E-state index contributed by atoms with van der Waals surface area (Å²) < 4.78 is 86.6. The second-order valence-electron chi connectivity index (χ2n) is 3.74. The third-order valence-corrected chi connectivity index (χ3v) is 2.17. The second kappa shape index (κ2) is 5.17. The number of hydrogen-bond acceptors (Lipinski definition) is 2. The molecule has 0 bridgehead atoms. The van der Waals surface area contributed by atoms with Gasteiger partial charge < -0.3 is 11.1 Å². The largest absolute Gasteiger partial charge is 0.409 e. The van der Waals surface area contributed by atoms with E-state index in [0.29, 0.717) is 6.07 Å². The van der Waals surface area contributed by atoms with Crippen LogP contribution in [-0.2, 0) is 4.79 Å². The molecular formula is C10H7F7N2O. The van der Waals surface area contributed by atoms with Gasteiger partial charge in [-0.05, 0) is 18.2 Å². The number of nitrogen functional groups attached to an aromatic ring is 1. The van der Waals surface area contributed by atoms with Gasteiger partial charge in [-0.15, -0.1) is 0 Å². The highest BCUT2D eigenvalue weighted by Crippen LogP contribution is 2.40. The Balaban J connectivity index is 3.04. The maximum absolute atomic E-state index is 13.2. The van der Waals surface area contributed by atoms with Gasteiger partial charge in [0.2, 0.25) is 11.8 Å². The fourth-order valence-electron chi connectivity index (χ4n) is 1.32. The van der Waals surface area contributed by atoms with E-state index in [4.69, 9.17) is 5.73 Å². The number of carbonyl (C=O) groups is 1. The molecule has 0 unspecified atom stereocenters. The molecule has 0 fully saturated rings. The van der Waals surface area contributed by atoms with Crippen LogP contribution in [0.1, 0.15) is 0 Å². The van der Waals surface area contributed by atoms with E-state index in [1.54, 1.807) is 0 Å². The minimum absolute atomic E-state index is 0.108. The zero-order valence-electron chi connectivity index (χ0n) is 9.44. The van der Waals surface area contributed by atoms with Crippen molar-refractivity contribution >= 4 is 17.3 Å². The molecule has 0 saturated heterocycles. The Bertz CT molecular complexity index is 495. The van der Waals surface area contributed by atoms with Crippen molar-refractivity contribution in [2.75, 3.05) is 11.1 Å². The summed E-state index contributed by atoms with van der Waals surface area (Å²) in [6.45, 7) is 0. The number of anilines is 2. The van der Waals surface area contributed by atoms with Crippen LogP contribution in [0.2, 0.25) is 0 Å². The Morgan fingerprint density at radius 1 is 1.10 bits per heavy atom. The van der Waals surface area contributed by atoms with Crippen LogP contribution in [0.15, 0.2) is 18.2 Å². The molecule has 1 amide bonds. The number of amides is 1. The van der Waals surface area contributed by atoms with Crippen LogP contribution < -0.4 is 11.1 Å². The fourth-order valence-corrected chi connectivity index (χ4v) is 1.32. The third kappa shape index (κ3) is 3.75. The number of nitrogens with one attached hydrogen (secondary N) is 1. The standard InChI is InChI=1S/C10H7F7N2O/c11-5-3-4(18)1-2-6(5)19-8(20)7(9(12,13)14)10(15,16)17/h1-3,7H,18H2,(H,19,20). The molecule has 0 radical (unpaired) electrons. The van der Waals surface area contributed by atoms with E-state index in [1.165, 1.54) is 5.32 Å². The maximum Gasteiger partial charge on any atom is 0.409 e. The summed E-state index contributed by atoms with van der Waals surface area (Å²) in [4.78, 5) is 11.1. The molecule has 1 aromatic rings. The van der Waals surface area contributed by atoms with Crippen molar-refractivity contribution in [3.8, 4) is 0 Å². The Morgan fingerprint density at radius 2 is 1.60 bits per heavy atom. The molecule has 1 rings (SSSR count). The van der Waals surface area contributed by atoms with Crippen LogP contribution in [0.4, 0.5) is 42.1 Å². The van der Waals surface area contributed by atoms with Gasteiger partial charge in [0.05, 0.1) is 5.69 Å². The summed E-state index contributed by atoms with van der Waals surface area (Å²) >= 11 is 0. The number of halogens is 7. The molecule has 0 spiro atoms. The van der Waals surface area contributed by atoms with E-state index >= 15 is 0 Å². The predicted molar refractivity (Wildman–Crippen MR) is 55.0 cm³/mol. The predicted octanol–water partition coefficient (Wildman–Crippen LogP) is 3.09. The van der Waals surface area contributed by atoms with E-state index in [2.05, 4.69) is 0 Å². The first kappa shape index (κ1) is 16.1. The van der Waals surface area contributed by atoms with Crippen LogP contribution >= 0.6 is 0 Å². The van der Waals surface area contributed by atoms with E-state index in [-0.39, 0.29) is 5.69 Å². The van der Waals surface area contributed by atoms with Gasteiger partial charge in [-0.1, -0.05) is 0 Å². The van der Waals surface area contributed by atoms with Crippen LogP contribution in [0, 0.1) is 11.7 Å². The van der Waals surface area contributed by atoms with Crippen LogP contribution in [0.3, 0.4) is 0 Å². The van der Waals surface area contributed by atoms with Crippen molar-refractivity contribution in [1.29, 1.82) is 0 Å². The summed E-state index contributed by atoms with van der Waals surface area (Å²) in [7, 11) is 0. The molecule has 112 valence electrons. The molecule has 1 aromatic carbocycles. The van der Waals surface area contributed by atoms with Gasteiger partial charge in [-0.25, -0.2) is 4.39 Å². The molecule has 0 aromatic heterocycles. The summed E-state index contributed by atoms with van der Waals surface area (Å²) in [6, 6.07) is 2.41. The molecule has 3 nitrogen and oxygen atoms in total. The quantitative estimate of drug-likeness (QED) is 0.651.